The Kier molecular flexibility index (Phi) is 12.2. The number of Topliss-reactive ketones (excluding diaryl/α,β-unsaturated/α-hetero) is 1. The lowest BCUT2D eigenvalue weighted by Gasteiger charge is -2.36. The molecule has 5 unspecified atom stereocenters. The Balaban J connectivity index is 1.27. The van der Waals surface area contributed by atoms with Gasteiger partial charge in [0.05, 0.1) is 19.2 Å². The van der Waals surface area contributed by atoms with Crippen LogP contribution in [0.3, 0.4) is 0 Å². The molecular weight excluding hydrogens is 630 g/mol. The summed E-state index contributed by atoms with van der Waals surface area (Å²) in [4.78, 5) is 50.5. The van der Waals surface area contributed by atoms with Crippen LogP contribution in [0.5, 0.6) is 0 Å². The normalized spacial score (nSPS) is 25.0. The van der Waals surface area contributed by atoms with Gasteiger partial charge >= 0.3 is 11.9 Å². The van der Waals surface area contributed by atoms with Crippen LogP contribution < -0.4 is 5.73 Å². The fourth-order valence-electron chi connectivity index (χ4n) is 5.74. The SMILES string of the molecule is CC=CC=C(C)C=CC=C(C)C=CC1=C(C)C(=O)C(OC(=O)CCC(=O)OCC2OC(n3cnc4c(N)ncnc43)C(O)C2O)CC1(C)C. The molecule has 2 aromatic heterocycles. The van der Waals surface area contributed by atoms with Crippen molar-refractivity contribution in [2.75, 3.05) is 12.3 Å². The summed E-state index contributed by atoms with van der Waals surface area (Å²) in [5.41, 5.74) is 9.51. The highest BCUT2D eigenvalue weighted by molar-refractivity contribution is 6.01. The molecule has 4 rings (SSSR count). The number of esters is 2. The lowest BCUT2D eigenvalue weighted by Crippen LogP contribution is -2.39. The first-order valence-corrected chi connectivity index (χ1v) is 16.1. The average molecular weight is 676 g/mol. The highest BCUT2D eigenvalue weighted by atomic mass is 16.6. The number of hydrogen-bond acceptors (Lipinski definition) is 12. The standard InChI is InChI=1S/C36H45N5O8/c1-7-8-10-21(2)11-9-12-22(3)13-14-24-23(4)30(44)25(17-36(24,5)6)48-28(43)16-15-27(42)47-18-26-31(45)32(46)35(49-26)41-20-40-29-33(37)38-19-39-34(29)41/h7-14,19-20,25-26,31-32,35,45-46H,15-18H2,1-6H3,(H2,37,38,39). The van der Waals surface area contributed by atoms with Gasteiger partial charge in [-0.1, -0.05) is 73.6 Å². The summed E-state index contributed by atoms with van der Waals surface area (Å²) in [6.45, 7) is 11.3. The number of aliphatic hydroxyl groups is 2. The second-order valence-corrected chi connectivity index (χ2v) is 12.8. The van der Waals surface area contributed by atoms with Gasteiger partial charge in [0.2, 0.25) is 0 Å². The number of ketones is 1. The number of nitrogens with two attached hydrogens (primary N) is 1. The Labute approximate surface area is 285 Å². The molecule has 13 nitrogen and oxygen atoms in total. The number of imidazole rings is 1. The van der Waals surface area contributed by atoms with Gasteiger partial charge in [-0.2, -0.15) is 0 Å². The van der Waals surface area contributed by atoms with E-state index in [9.17, 15) is 24.6 Å². The number of aromatic nitrogens is 4. The Morgan fingerprint density at radius 2 is 1.76 bits per heavy atom. The van der Waals surface area contributed by atoms with E-state index in [4.69, 9.17) is 19.9 Å². The number of hydrogen-bond donors (Lipinski definition) is 3. The zero-order valence-electron chi connectivity index (χ0n) is 28.7. The molecule has 2 aliphatic rings. The molecule has 49 heavy (non-hydrogen) atoms. The largest absolute Gasteiger partial charge is 0.463 e. The highest BCUT2D eigenvalue weighted by Gasteiger charge is 2.45. The van der Waals surface area contributed by atoms with Gasteiger partial charge in [0, 0.05) is 6.42 Å². The van der Waals surface area contributed by atoms with Crippen LogP contribution in [0.4, 0.5) is 5.82 Å². The molecule has 0 radical (unpaired) electrons. The van der Waals surface area contributed by atoms with Crippen molar-refractivity contribution in [3.8, 4) is 0 Å². The Bertz CT molecular complexity index is 1750. The minimum atomic E-state index is -1.38. The van der Waals surface area contributed by atoms with Crippen LogP contribution in [-0.4, -0.2) is 78.5 Å². The summed E-state index contributed by atoms with van der Waals surface area (Å²) >= 11 is 0. The van der Waals surface area contributed by atoms with Gasteiger partial charge in [-0.25, -0.2) is 15.0 Å². The van der Waals surface area contributed by atoms with E-state index in [1.807, 2.05) is 83.2 Å². The van der Waals surface area contributed by atoms with Gasteiger partial charge < -0.3 is 30.2 Å². The highest BCUT2D eigenvalue weighted by Crippen LogP contribution is 2.41. The summed E-state index contributed by atoms with van der Waals surface area (Å²) in [6.07, 6.45) is 12.3. The van der Waals surface area contributed by atoms with Crippen molar-refractivity contribution in [2.45, 2.75) is 91.4 Å². The molecule has 262 valence electrons. The third-order valence-corrected chi connectivity index (χ3v) is 8.49. The number of anilines is 1. The van der Waals surface area contributed by atoms with Crippen LogP contribution in [0.2, 0.25) is 0 Å². The average Bonchev–Trinajstić information content (AvgIpc) is 3.61. The van der Waals surface area contributed by atoms with E-state index in [0.29, 0.717) is 23.2 Å². The molecule has 0 saturated carbocycles. The van der Waals surface area contributed by atoms with Gasteiger partial charge in [0.15, 0.2) is 29.6 Å². The lowest BCUT2D eigenvalue weighted by molar-refractivity contribution is -0.159. The first-order valence-electron chi connectivity index (χ1n) is 16.1. The lowest BCUT2D eigenvalue weighted by atomic mass is 9.71. The fourth-order valence-corrected chi connectivity index (χ4v) is 5.74. The van der Waals surface area contributed by atoms with Crippen molar-refractivity contribution < 1.29 is 38.8 Å². The van der Waals surface area contributed by atoms with E-state index in [1.54, 1.807) is 6.92 Å². The number of rotatable bonds is 12. The smallest absolute Gasteiger partial charge is 0.307 e. The van der Waals surface area contributed by atoms with E-state index in [0.717, 1.165) is 16.7 Å². The number of allylic oxidation sites excluding steroid dienone is 11. The van der Waals surface area contributed by atoms with Crippen molar-refractivity contribution in [1.82, 2.24) is 19.5 Å². The molecule has 1 saturated heterocycles. The predicted octanol–water partition coefficient (Wildman–Crippen LogP) is 4.16. The van der Waals surface area contributed by atoms with Crippen LogP contribution in [0.25, 0.3) is 11.2 Å². The van der Waals surface area contributed by atoms with E-state index in [2.05, 4.69) is 15.0 Å². The van der Waals surface area contributed by atoms with Crippen LogP contribution >= 0.6 is 0 Å². The summed E-state index contributed by atoms with van der Waals surface area (Å²) in [7, 11) is 0. The van der Waals surface area contributed by atoms with Gasteiger partial charge in [0.1, 0.15) is 36.8 Å². The molecule has 13 heteroatoms. The maximum atomic E-state index is 13.2. The second-order valence-electron chi connectivity index (χ2n) is 12.8. The van der Waals surface area contributed by atoms with Gasteiger partial charge in [0.25, 0.3) is 0 Å². The Morgan fingerprint density at radius 3 is 2.49 bits per heavy atom. The maximum Gasteiger partial charge on any atom is 0.307 e. The topological polar surface area (TPSA) is 189 Å². The third kappa shape index (κ3) is 9.05. The first kappa shape index (κ1) is 37.1. The van der Waals surface area contributed by atoms with Gasteiger partial charge in [-0.05, 0) is 44.3 Å². The molecule has 1 fully saturated rings. The van der Waals surface area contributed by atoms with Crippen molar-refractivity contribution in [1.29, 1.82) is 0 Å². The molecule has 4 N–H and O–H groups in total. The zero-order valence-corrected chi connectivity index (χ0v) is 28.7. The number of carbonyl (C=O) groups excluding carboxylic acids is 3. The van der Waals surface area contributed by atoms with Crippen molar-refractivity contribution in [3.63, 3.8) is 0 Å². The van der Waals surface area contributed by atoms with Gasteiger partial charge in [-0.3, -0.25) is 19.0 Å². The fraction of sp³-hybridized carbons (Fsp3) is 0.444. The molecule has 0 amide bonds. The molecule has 2 aromatic rings. The zero-order chi connectivity index (χ0) is 35.9. The summed E-state index contributed by atoms with van der Waals surface area (Å²) in [5.74, 6) is -1.57. The van der Waals surface area contributed by atoms with Crippen LogP contribution in [0, 0.1) is 5.41 Å². The third-order valence-electron chi connectivity index (χ3n) is 8.49. The summed E-state index contributed by atoms with van der Waals surface area (Å²) in [6, 6.07) is 0. The van der Waals surface area contributed by atoms with Gasteiger partial charge in [-0.15, -0.1) is 0 Å². The Morgan fingerprint density at radius 1 is 1.06 bits per heavy atom. The second kappa shape index (κ2) is 16.1. The van der Waals surface area contributed by atoms with E-state index >= 15 is 0 Å². The van der Waals surface area contributed by atoms with E-state index in [1.165, 1.54) is 17.2 Å². The minimum absolute atomic E-state index is 0.146. The molecule has 0 bridgehead atoms. The van der Waals surface area contributed by atoms with Crippen LogP contribution in [-0.2, 0) is 28.6 Å². The Hall–Kier alpha value is -4.72. The molecule has 1 aliphatic carbocycles. The van der Waals surface area contributed by atoms with Crippen molar-refractivity contribution in [3.05, 3.63) is 83.6 Å². The van der Waals surface area contributed by atoms with E-state index in [-0.39, 0.29) is 31.0 Å². The molecule has 0 aromatic carbocycles. The van der Waals surface area contributed by atoms with E-state index < -0.39 is 48.0 Å². The predicted molar refractivity (Wildman–Crippen MR) is 182 cm³/mol. The number of carbonyl (C=O) groups is 3. The molecule has 1 aliphatic heterocycles. The summed E-state index contributed by atoms with van der Waals surface area (Å²) in [5, 5.41) is 21.1. The van der Waals surface area contributed by atoms with Crippen molar-refractivity contribution in [2.24, 2.45) is 5.41 Å². The quantitative estimate of drug-likeness (QED) is 0.216. The number of ether oxygens (including phenoxy) is 3. The molecule has 0 spiro atoms. The number of fused-ring (bicyclic) bond motifs is 1. The molecular formula is C36H45N5O8. The number of nitrogens with zero attached hydrogens (tertiary/aromatic N) is 4. The number of aliphatic hydroxyl groups excluding tert-OH is 2. The van der Waals surface area contributed by atoms with Crippen LogP contribution in [0.1, 0.15) is 67.0 Å². The maximum absolute atomic E-state index is 13.2. The van der Waals surface area contributed by atoms with Crippen LogP contribution in [0.15, 0.2) is 83.6 Å². The first-order chi connectivity index (χ1) is 23.2. The molecule has 3 heterocycles. The summed E-state index contributed by atoms with van der Waals surface area (Å²) < 4.78 is 17.9. The van der Waals surface area contributed by atoms with Crippen molar-refractivity contribution >= 4 is 34.7 Å². The monoisotopic (exact) mass is 675 g/mol. The molecule has 5 atom stereocenters. The number of nitrogen functional groups attached to an aromatic ring is 1. The minimum Gasteiger partial charge on any atom is -0.463 e.